The number of nitrogens with zero attached hydrogens (tertiary/aromatic N) is 3. The summed E-state index contributed by atoms with van der Waals surface area (Å²) in [6, 6.07) is 4.44. The van der Waals surface area contributed by atoms with Crippen molar-refractivity contribution in [2.45, 2.75) is 38.3 Å². The number of rotatable bonds is 6. The lowest BCUT2D eigenvalue weighted by Crippen LogP contribution is -2.50. The minimum absolute atomic E-state index is 0.189. The molecule has 0 unspecified atom stereocenters. The van der Waals surface area contributed by atoms with Crippen LogP contribution in [0.25, 0.3) is 0 Å². The van der Waals surface area contributed by atoms with Gasteiger partial charge in [0.15, 0.2) is 0 Å². The van der Waals surface area contributed by atoms with Gasteiger partial charge in [-0.3, -0.25) is 14.6 Å². The van der Waals surface area contributed by atoms with Crippen LogP contribution in [0.3, 0.4) is 0 Å². The maximum absolute atomic E-state index is 12.1. The largest absolute Gasteiger partial charge is 0.481 e. The van der Waals surface area contributed by atoms with Crippen molar-refractivity contribution in [2.75, 3.05) is 39.8 Å². The van der Waals surface area contributed by atoms with Crippen LogP contribution in [0.1, 0.15) is 31.2 Å². The summed E-state index contributed by atoms with van der Waals surface area (Å²) in [7, 11) is 1.64. The molecule has 1 saturated heterocycles. The number of pyridine rings is 1. The summed E-state index contributed by atoms with van der Waals surface area (Å²) in [5.41, 5.74) is 1.22. The lowest BCUT2D eigenvalue weighted by Gasteiger charge is -2.34. The fraction of sp³-hybridized carbons (Fsp3) is 0.667. The van der Waals surface area contributed by atoms with E-state index in [4.69, 9.17) is 4.74 Å². The predicted octanol–water partition coefficient (Wildman–Crippen LogP) is 1.27. The van der Waals surface area contributed by atoms with Crippen molar-refractivity contribution < 1.29 is 9.53 Å². The molecule has 1 saturated carbocycles. The normalized spacial score (nSPS) is 20.2. The van der Waals surface area contributed by atoms with Crippen LogP contribution < -0.4 is 10.1 Å². The second-order valence-electron chi connectivity index (χ2n) is 6.81. The molecule has 1 N–H and O–H groups in total. The first-order valence-corrected chi connectivity index (χ1v) is 8.96. The van der Waals surface area contributed by atoms with Gasteiger partial charge in [-0.2, -0.15) is 0 Å². The van der Waals surface area contributed by atoms with Gasteiger partial charge in [0.25, 0.3) is 0 Å². The zero-order valence-corrected chi connectivity index (χ0v) is 14.5. The minimum Gasteiger partial charge on any atom is -0.481 e. The minimum atomic E-state index is 0.189. The summed E-state index contributed by atoms with van der Waals surface area (Å²) in [5.74, 6) is 0.851. The Hall–Kier alpha value is -1.66. The van der Waals surface area contributed by atoms with E-state index in [1.807, 2.05) is 12.1 Å². The fourth-order valence-corrected chi connectivity index (χ4v) is 3.57. The monoisotopic (exact) mass is 332 g/mol. The molecule has 0 spiro atoms. The summed E-state index contributed by atoms with van der Waals surface area (Å²) < 4.78 is 5.18. The molecule has 0 atom stereocenters. The summed E-state index contributed by atoms with van der Waals surface area (Å²) >= 11 is 0. The molecule has 24 heavy (non-hydrogen) atoms. The van der Waals surface area contributed by atoms with E-state index in [0.717, 1.165) is 45.6 Å². The highest BCUT2D eigenvalue weighted by atomic mass is 16.5. The van der Waals surface area contributed by atoms with E-state index >= 15 is 0 Å². The van der Waals surface area contributed by atoms with Gasteiger partial charge in [-0.05, 0) is 24.5 Å². The summed E-state index contributed by atoms with van der Waals surface area (Å²) in [5, 5.41) is 3.17. The van der Waals surface area contributed by atoms with E-state index in [0.29, 0.717) is 18.5 Å². The molecule has 0 bridgehead atoms. The molecule has 6 heteroatoms. The Labute approximate surface area is 144 Å². The Balaban J connectivity index is 1.39. The van der Waals surface area contributed by atoms with Gasteiger partial charge in [0.05, 0.1) is 13.7 Å². The van der Waals surface area contributed by atoms with Crippen molar-refractivity contribution in [3.63, 3.8) is 0 Å². The van der Waals surface area contributed by atoms with Gasteiger partial charge >= 0.3 is 0 Å². The molecule has 0 aromatic carbocycles. The van der Waals surface area contributed by atoms with E-state index in [2.05, 4.69) is 20.1 Å². The molecule has 2 heterocycles. The number of piperazine rings is 1. The van der Waals surface area contributed by atoms with Crippen LogP contribution >= 0.6 is 0 Å². The number of hydrogen-bond donors (Lipinski definition) is 1. The first-order valence-electron chi connectivity index (χ1n) is 8.96. The Morgan fingerprint density at radius 1 is 1.25 bits per heavy atom. The number of methoxy groups -OCH3 is 1. The highest BCUT2D eigenvalue weighted by Crippen LogP contribution is 2.17. The lowest BCUT2D eigenvalue weighted by atomic mass is 10.2. The molecular formula is C18H28N4O2. The van der Waals surface area contributed by atoms with E-state index in [1.54, 1.807) is 13.3 Å². The Morgan fingerprint density at radius 3 is 2.67 bits per heavy atom. The Kier molecular flexibility index (Phi) is 6.04. The smallest absolute Gasteiger partial charge is 0.234 e. The summed E-state index contributed by atoms with van der Waals surface area (Å²) in [6.45, 7) is 5.30. The van der Waals surface area contributed by atoms with Gasteiger partial charge in [-0.15, -0.1) is 0 Å². The standard InChI is InChI=1S/C18H28N4O2/c1-24-18-12-15(6-7-19-18)13-21-8-10-22(11-9-21)14-17(23)20-16-4-2-3-5-16/h6-7,12,16H,2-5,8-11,13-14H2,1H3,(H,20,23). The lowest BCUT2D eigenvalue weighted by molar-refractivity contribution is -0.123. The van der Waals surface area contributed by atoms with Gasteiger partial charge in [0.1, 0.15) is 0 Å². The molecule has 2 fully saturated rings. The molecular weight excluding hydrogens is 304 g/mol. The molecule has 2 aliphatic rings. The highest BCUT2D eigenvalue weighted by Gasteiger charge is 2.21. The average molecular weight is 332 g/mol. The molecule has 0 radical (unpaired) electrons. The van der Waals surface area contributed by atoms with E-state index in [1.165, 1.54) is 18.4 Å². The number of amides is 1. The molecule has 132 valence electrons. The van der Waals surface area contributed by atoms with Gasteiger partial charge in [0.2, 0.25) is 11.8 Å². The zero-order chi connectivity index (χ0) is 16.8. The van der Waals surface area contributed by atoms with E-state index < -0.39 is 0 Å². The third-order valence-corrected chi connectivity index (χ3v) is 4.97. The van der Waals surface area contributed by atoms with Crippen LogP contribution in [0.5, 0.6) is 5.88 Å². The van der Waals surface area contributed by atoms with Crippen LogP contribution in [0, 0.1) is 0 Å². The molecule has 1 aliphatic heterocycles. The third kappa shape index (κ3) is 4.92. The maximum Gasteiger partial charge on any atom is 0.234 e. The van der Waals surface area contributed by atoms with Crippen molar-refractivity contribution in [3.05, 3.63) is 23.9 Å². The predicted molar refractivity (Wildman–Crippen MR) is 92.9 cm³/mol. The second-order valence-corrected chi connectivity index (χ2v) is 6.81. The topological polar surface area (TPSA) is 57.7 Å². The fourth-order valence-electron chi connectivity index (χ4n) is 3.57. The van der Waals surface area contributed by atoms with E-state index in [-0.39, 0.29) is 5.91 Å². The number of carbonyl (C=O) groups excluding carboxylic acids is 1. The number of nitrogens with one attached hydrogen (secondary N) is 1. The SMILES string of the molecule is COc1cc(CN2CCN(CC(=O)NC3CCCC3)CC2)ccn1. The van der Waals surface area contributed by atoms with E-state index in [9.17, 15) is 4.79 Å². The van der Waals surface area contributed by atoms with Crippen molar-refractivity contribution in [1.82, 2.24) is 20.1 Å². The number of carbonyl (C=O) groups is 1. The Bertz CT molecular complexity index is 538. The third-order valence-electron chi connectivity index (χ3n) is 4.97. The molecule has 3 rings (SSSR count). The first kappa shape index (κ1) is 17.2. The van der Waals surface area contributed by atoms with Gasteiger partial charge < -0.3 is 10.1 Å². The van der Waals surface area contributed by atoms with Crippen LogP contribution in [-0.2, 0) is 11.3 Å². The molecule has 1 aromatic heterocycles. The van der Waals surface area contributed by atoms with Crippen LogP contribution in [0.15, 0.2) is 18.3 Å². The van der Waals surface area contributed by atoms with Crippen molar-refractivity contribution in [1.29, 1.82) is 0 Å². The van der Waals surface area contributed by atoms with Crippen LogP contribution in [0.2, 0.25) is 0 Å². The molecule has 1 amide bonds. The van der Waals surface area contributed by atoms with Crippen molar-refractivity contribution in [2.24, 2.45) is 0 Å². The quantitative estimate of drug-likeness (QED) is 0.850. The maximum atomic E-state index is 12.1. The van der Waals surface area contributed by atoms with Gasteiger partial charge in [0, 0.05) is 51.0 Å². The molecule has 6 nitrogen and oxygen atoms in total. The summed E-state index contributed by atoms with van der Waals surface area (Å²) in [6.07, 6.45) is 6.59. The number of hydrogen-bond acceptors (Lipinski definition) is 5. The molecule has 1 aliphatic carbocycles. The first-order chi connectivity index (χ1) is 11.7. The van der Waals surface area contributed by atoms with Gasteiger partial charge in [-0.25, -0.2) is 4.98 Å². The second kappa shape index (κ2) is 8.44. The Morgan fingerprint density at radius 2 is 1.96 bits per heavy atom. The van der Waals surface area contributed by atoms with Gasteiger partial charge in [-0.1, -0.05) is 12.8 Å². The highest BCUT2D eigenvalue weighted by molar-refractivity contribution is 5.78. The van der Waals surface area contributed by atoms with Crippen LogP contribution in [0.4, 0.5) is 0 Å². The molecule has 1 aromatic rings. The zero-order valence-electron chi connectivity index (χ0n) is 14.5. The number of ether oxygens (including phenoxy) is 1. The number of aromatic nitrogens is 1. The van der Waals surface area contributed by atoms with Crippen molar-refractivity contribution in [3.8, 4) is 5.88 Å². The average Bonchev–Trinajstić information content (AvgIpc) is 3.09. The van der Waals surface area contributed by atoms with Crippen LogP contribution in [-0.4, -0.2) is 66.6 Å². The summed E-state index contributed by atoms with van der Waals surface area (Å²) in [4.78, 5) is 20.9. The van der Waals surface area contributed by atoms with Crippen molar-refractivity contribution >= 4 is 5.91 Å².